The van der Waals surface area contributed by atoms with Gasteiger partial charge in [-0.1, -0.05) is 91.0 Å². The van der Waals surface area contributed by atoms with E-state index < -0.39 is 81.5 Å². The number of benzene rings is 6. The summed E-state index contributed by atoms with van der Waals surface area (Å²) >= 11 is -1.41. The van der Waals surface area contributed by atoms with Crippen LogP contribution in [0.2, 0.25) is 0 Å². The molecule has 0 fully saturated rings. The highest BCUT2D eigenvalue weighted by Gasteiger charge is 2.24. The van der Waals surface area contributed by atoms with Gasteiger partial charge in [-0.3, -0.25) is 0 Å². The third-order valence-electron chi connectivity index (χ3n) is 7.05. The predicted octanol–water partition coefficient (Wildman–Crippen LogP) is -4.54. The molecule has 0 heterocycles. The fraction of sp³-hybridized carbons (Fsp3) is 0.0714. The van der Waals surface area contributed by atoms with Crippen LogP contribution in [-0.4, -0.2) is 17.9 Å². The number of hydrogen-bond acceptors (Lipinski definition) is 6. The van der Waals surface area contributed by atoms with Crippen LogP contribution in [0.25, 0.3) is 0 Å². The quantitative estimate of drug-likeness (QED) is 0.135. The molecule has 6 rings (SSSR count). The van der Waals surface area contributed by atoms with Crippen molar-refractivity contribution in [3.63, 3.8) is 0 Å². The van der Waals surface area contributed by atoms with Gasteiger partial charge in [-0.15, -0.1) is 0 Å². The van der Waals surface area contributed by atoms with Gasteiger partial charge in [0.2, 0.25) is 10.7 Å². The van der Waals surface area contributed by atoms with E-state index in [9.17, 15) is 29.7 Å². The molecular formula is C42H33I3O6. The first-order chi connectivity index (χ1) is 24.5. The molecule has 51 heavy (non-hydrogen) atoms. The maximum Gasteiger partial charge on any atom is 0.358 e. The molecule has 0 aliphatic carbocycles. The molecule has 0 atom stereocenters. The third kappa shape index (κ3) is 12.0. The fourth-order valence-electron chi connectivity index (χ4n) is 4.55. The van der Waals surface area contributed by atoms with Gasteiger partial charge in [-0.25, -0.2) is 0 Å². The third-order valence-corrected chi connectivity index (χ3v) is 17.0. The molecule has 0 aliphatic heterocycles. The molecule has 0 saturated heterocycles. The van der Waals surface area contributed by atoms with E-state index in [0.29, 0.717) is 16.7 Å². The lowest BCUT2D eigenvalue weighted by molar-refractivity contribution is -0.599. The maximum atomic E-state index is 11.1. The van der Waals surface area contributed by atoms with Crippen LogP contribution >= 0.6 is 0 Å². The Bertz CT molecular complexity index is 1850. The van der Waals surface area contributed by atoms with Crippen molar-refractivity contribution in [3.05, 3.63) is 200 Å². The molecule has 0 N–H and O–H groups in total. The van der Waals surface area contributed by atoms with Crippen molar-refractivity contribution in [1.82, 2.24) is 0 Å². The number of aryl methyl sites for hydroxylation is 3. The van der Waals surface area contributed by atoms with Crippen LogP contribution in [0.15, 0.2) is 146 Å². The summed E-state index contributed by atoms with van der Waals surface area (Å²) in [6.45, 7) is 5.85. The molecule has 0 amide bonds. The predicted molar refractivity (Wildman–Crippen MR) is 178 cm³/mol. The molecule has 0 aromatic heterocycles. The van der Waals surface area contributed by atoms with Gasteiger partial charge in [0.15, 0.2) is 10.7 Å². The van der Waals surface area contributed by atoms with Crippen LogP contribution in [0.3, 0.4) is 0 Å². The normalized spacial score (nSPS) is 10.2. The molecule has 6 aromatic rings. The summed E-state index contributed by atoms with van der Waals surface area (Å²) in [5, 5.41) is 33.2. The minimum atomic E-state index is -1.08. The summed E-state index contributed by atoms with van der Waals surface area (Å²) in [6.07, 6.45) is 0. The second-order valence-electron chi connectivity index (χ2n) is 10.8. The lowest BCUT2D eigenvalue weighted by Crippen LogP contribution is -3.62. The maximum absolute atomic E-state index is 11.1. The Hall–Kier alpha value is -4.08. The second-order valence-corrected chi connectivity index (χ2v) is 19.4. The van der Waals surface area contributed by atoms with Crippen molar-refractivity contribution in [3.8, 4) is 0 Å². The Morgan fingerprint density at radius 3 is 0.804 bits per heavy atom. The zero-order chi connectivity index (χ0) is 36.8. The topological polar surface area (TPSA) is 120 Å². The molecule has 0 aliphatic rings. The first-order valence-corrected chi connectivity index (χ1v) is 22.0. The van der Waals surface area contributed by atoms with Gasteiger partial charge in [0, 0.05) is 16.7 Å². The Labute approximate surface area is 329 Å². The average Bonchev–Trinajstić information content (AvgIpc) is 3.12. The number of carboxylic acid groups (broad SMARTS) is 3. The highest BCUT2D eigenvalue weighted by molar-refractivity contribution is 5.86. The number of rotatable bonds is 9. The summed E-state index contributed by atoms with van der Waals surface area (Å²) < 4.78 is 6.46. The van der Waals surface area contributed by atoms with Crippen LogP contribution < -0.4 is 78.9 Å². The van der Waals surface area contributed by atoms with Crippen molar-refractivity contribution in [2.45, 2.75) is 20.8 Å². The van der Waals surface area contributed by atoms with E-state index in [1.165, 1.54) is 10.7 Å². The molecule has 0 radical (unpaired) electrons. The highest BCUT2D eigenvalue weighted by Crippen LogP contribution is 2.05. The van der Waals surface area contributed by atoms with Crippen molar-refractivity contribution >= 4 is 17.9 Å². The SMILES string of the molecule is Cc1cccc(C(=O)[O-])c1[I+]c1ccccc1.Cc1cccc(C(=O)[O-])c1[I+]c1ccccc1.Cc1cccc(C(=O)[O-])c1[I+]c1ccccc1. The first kappa shape index (κ1) is 39.7. The van der Waals surface area contributed by atoms with E-state index in [1.807, 2.05) is 130 Å². The molecule has 6 aromatic carbocycles. The summed E-state index contributed by atoms with van der Waals surface area (Å²) in [5.41, 5.74) is 4.10. The minimum absolute atomic E-state index is 0.335. The zero-order valence-corrected chi connectivity index (χ0v) is 34.4. The van der Waals surface area contributed by atoms with E-state index in [2.05, 4.69) is 0 Å². The standard InChI is InChI=1S/3C14H11IO2/c3*1-10-6-5-9-12(14(16)17)13(10)15-11-7-3-2-4-8-11/h3*2-9H,1H3. The van der Waals surface area contributed by atoms with Crippen LogP contribution in [0.4, 0.5) is 0 Å². The van der Waals surface area contributed by atoms with Crippen molar-refractivity contribution in [2.24, 2.45) is 0 Å². The summed E-state index contributed by atoms with van der Waals surface area (Å²) in [6, 6.07) is 46.0. The molecule has 9 heteroatoms. The van der Waals surface area contributed by atoms with Gasteiger partial charge < -0.3 is 29.7 Å². The van der Waals surface area contributed by atoms with Crippen LogP contribution in [0.1, 0.15) is 47.8 Å². The van der Waals surface area contributed by atoms with Gasteiger partial charge in [0.25, 0.3) is 0 Å². The van der Waals surface area contributed by atoms with Crippen molar-refractivity contribution in [2.75, 3.05) is 0 Å². The lowest BCUT2D eigenvalue weighted by Gasteiger charge is -2.03. The van der Waals surface area contributed by atoms with Gasteiger partial charge in [-0.05, 0) is 75.4 Å². The number of hydrogen-bond donors (Lipinski definition) is 0. The number of carbonyl (C=O) groups is 3. The van der Waals surface area contributed by atoms with Crippen LogP contribution in [0, 0.1) is 42.2 Å². The molecule has 0 saturated carbocycles. The molecule has 0 unspecified atom stereocenters. The minimum Gasteiger partial charge on any atom is -0.545 e. The monoisotopic (exact) mass is 1010 g/mol. The zero-order valence-electron chi connectivity index (χ0n) is 27.9. The fourth-order valence-corrected chi connectivity index (χ4v) is 12.6. The smallest absolute Gasteiger partial charge is 0.358 e. The number of halogens is 3. The molecular weight excluding hydrogens is 981 g/mol. The number of carboxylic acids is 3. The molecule has 258 valence electrons. The Morgan fingerprint density at radius 2 is 0.588 bits per heavy atom. The van der Waals surface area contributed by atoms with E-state index in [0.717, 1.165) is 27.4 Å². The van der Waals surface area contributed by atoms with Crippen molar-refractivity contribution < 1.29 is 93.3 Å². The van der Waals surface area contributed by atoms with E-state index in [-0.39, 0.29) is 0 Å². The number of aromatic carboxylic acids is 3. The summed E-state index contributed by atoms with van der Waals surface area (Å²) in [5.74, 6) is -3.25. The second kappa shape index (κ2) is 20.1. The molecule has 0 spiro atoms. The highest BCUT2D eigenvalue weighted by atomic mass is 127. The van der Waals surface area contributed by atoms with Gasteiger partial charge in [0.1, 0.15) is 0 Å². The van der Waals surface area contributed by atoms with E-state index >= 15 is 0 Å². The lowest BCUT2D eigenvalue weighted by atomic mass is 10.1. The number of carbonyl (C=O) groups excluding carboxylic acids is 3. The van der Waals surface area contributed by atoms with Crippen LogP contribution in [-0.2, 0) is 0 Å². The van der Waals surface area contributed by atoms with Crippen LogP contribution in [0.5, 0.6) is 0 Å². The Kier molecular flexibility index (Phi) is 15.6. The van der Waals surface area contributed by atoms with E-state index in [1.54, 1.807) is 36.4 Å². The first-order valence-electron chi connectivity index (χ1n) is 15.6. The molecule has 0 bridgehead atoms. The summed E-state index contributed by atoms with van der Waals surface area (Å²) in [7, 11) is 0. The largest absolute Gasteiger partial charge is 0.545 e. The van der Waals surface area contributed by atoms with Gasteiger partial charge in [0.05, 0.1) is 34.6 Å². The summed E-state index contributed by atoms with van der Waals surface area (Å²) in [4.78, 5) is 33.2. The van der Waals surface area contributed by atoms with Gasteiger partial charge in [-0.2, -0.15) is 0 Å². The average molecular weight is 1010 g/mol. The van der Waals surface area contributed by atoms with E-state index in [4.69, 9.17) is 0 Å². The van der Waals surface area contributed by atoms with Gasteiger partial charge >= 0.3 is 63.6 Å². The Morgan fingerprint density at radius 1 is 0.353 bits per heavy atom. The molecule has 6 nitrogen and oxygen atoms in total. The Balaban J connectivity index is 0.000000172. The van der Waals surface area contributed by atoms with Crippen molar-refractivity contribution in [1.29, 1.82) is 0 Å².